The summed E-state index contributed by atoms with van der Waals surface area (Å²) in [5.74, 6) is 0.262. The summed E-state index contributed by atoms with van der Waals surface area (Å²) in [7, 11) is 0. The van der Waals surface area contributed by atoms with E-state index in [1.807, 2.05) is 0 Å². The third kappa shape index (κ3) is 4.57. The molecule has 2 N–H and O–H groups in total. The van der Waals surface area contributed by atoms with E-state index in [0.29, 0.717) is 12.5 Å². The van der Waals surface area contributed by atoms with Crippen LogP contribution in [0.25, 0.3) is 0 Å². The van der Waals surface area contributed by atoms with Gasteiger partial charge < -0.3 is 10.2 Å². The Kier molecular flexibility index (Phi) is 5.35. The van der Waals surface area contributed by atoms with Gasteiger partial charge in [-0.2, -0.15) is 0 Å². The minimum absolute atomic E-state index is 0.138. The monoisotopic (exact) mass is 255 g/mol. The lowest BCUT2D eigenvalue weighted by molar-refractivity contribution is -0.137. The molecule has 0 unspecified atom stereocenters. The normalized spacial score (nSPS) is 19.7. The molecule has 1 aliphatic heterocycles. The van der Waals surface area contributed by atoms with Crippen molar-refractivity contribution in [2.45, 2.75) is 32.1 Å². The number of rotatable bonds is 2. The summed E-state index contributed by atoms with van der Waals surface area (Å²) >= 11 is 0. The quantitative estimate of drug-likeness (QED) is 0.732. The van der Waals surface area contributed by atoms with Crippen LogP contribution in [0.3, 0.4) is 0 Å². The molecule has 1 fully saturated rings. The molecule has 1 aliphatic carbocycles. The fraction of sp³-hybridized carbons (Fsp3) is 0.583. The summed E-state index contributed by atoms with van der Waals surface area (Å²) < 4.78 is 0. The van der Waals surface area contributed by atoms with Gasteiger partial charge in [-0.3, -0.25) is 14.5 Å². The topological polar surface area (TPSA) is 94.9 Å². The van der Waals surface area contributed by atoms with Gasteiger partial charge in [0, 0.05) is 18.7 Å². The van der Waals surface area contributed by atoms with Gasteiger partial charge in [-0.1, -0.05) is 19.3 Å². The maximum absolute atomic E-state index is 11.3. The highest BCUT2D eigenvalue weighted by molar-refractivity contribution is 6.12. The Morgan fingerprint density at radius 3 is 2.00 bits per heavy atom. The van der Waals surface area contributed by atoms with E-state index >= 15 is 0 Å². The molecule has 2 rings (SSSR count). The highest BCUT2D eigenvalue weighted by atomic mass is 16.6. The molecule has 6 nitrogen and oxygen atoms in total. The van der Waals surface area contributed by atoms with Crippen molar-refractivity contribution in [2.75, 3.05) is 6.54 Å². The number of imide groups is 1. The third-order valence-corrected chi connectivity index (χ3v) is 3.07. The zero-order valence-electron chi connectivity index (χ0n) is 10.0. The smallest absolute Gasteiger partial charge is 0.450 e. The third-order valence-electron chi connectivity index (χ3n) is 3.07. The lowest BCUT2D eigenvalue weighted by Gasteiger charge is -2.25. The second-order valence-electron chi connectivity index (χ2n) is 4.41. The highest BCUT2D eigenvalue weighted by Gasteiger charge is 2.26. The van der Waals surface area contributed by atoms with Crippen molar-refractivity contribution in [1.29, 1.82) is 0 Å². The molecule has 1 heterocycles. The maximum atomic E-state index is 11.3. The van der Waals surface area contributed by atoms with Gasteiger partial charge in [0.2, 0.25) is 0 Å². The van der Waals surface area contributed by atoms with Crippen molar-refractivity contribution < 1.29 is 24.6 Å². The summed E-state index contributed by atoms with van der Waals surface area (Å²) in [6, 6.07) is 0. The van der Waals surface area contributed by atoms with E-state index < -0.39 is 6.16 Å². The number of hydrogen-bond donors (Lipinski definition) is 2. The predicted octanol–water partition coefficient (Wildman–Crippen LogP) is 1.71. The summed E-state index contributed by atoms with van der Waals surface area (Å²) in [5.41, 5.74) is 0. The zero-order chi connectivity index (χ0) is 13.5. The molecule has 0 aromatic rings. The van der Waals surface area contributed by atoms with Crippen LogP contribution in [0, 0.1) is 5.92 Å². The number of nitrogens with zero attached hydrogens (tertiary/aromatic N) is 1. The van der Waals surface area contributed by atoms with Gasteiger partial charge in [-0.05, 0) is 18.8 Å². The van der Waals surface area contributed by atoms with Crippen LogP contribution in [0.4, 0.5) is 4.79 Å². The molecule has 0 aromatic heterocycles. The van der Waals surface area contributed by atoms with Gasteiger partial charge in [0.05, 0.1) is 0 Å². The Labute approximate surface area is 105 Å². The van der Waals surface area contributed by atoms with Gasteiger partial charge in [-0.25, -0.2) is 4.79 Å². The van der Waals surface area contributed by atoms with E-state index in [1.54, 1.807) is 0 Å². The van der Waals surface area contributed by atoms with E-state index in [9.17, 15) is 9.59 Å². The first-order chi connectivity index (χ1) is 8.50. The SMILES string of the molecule is O=C(O)O.O=C1C=CC(=O)N1CC1CCCCC1. The lowest BCUT2D eigenvalue weighted by Crippen LogP contribution is -2.35. The van der Waals surface area contributed by atoms with E-state index in [4.69, 9.17) is 15.0 Å². The second kappa shape index (κ2) is 6.78. The van der Waals surface area contributed by atoms with Crippen LogP contribution in [0.2, 0.25) is 0 Å². The zero-order valence-corrected chi connectivity index (χ0v) is 10.0. The van der Waals surface area contributed by atoms with Crippen LogP contribution < -0.4 is 0 Å². The van der Waals surface area contributed by atoms with E-state index in [-0.39, 0.29) is 11.8 Å². The van der Waals surface area contributed by atoms with Crippen molar-refractivity contribution in [3.8, 4) is 0 Å². The summed E-state index contributed by atoms with van der Waals surface area (Å²) in [5, 5.41) is 13.9. The lowest BCUT2D eigenvalue weighted by atomic mass is 9.89. The maximum Gasteiger partial charge on any atom is 0.503 e. The Balaban J connectivity index is 0.000000357. The predicted molar refractivity (Wildman–Crippen MR) is 63.1 cm³/mol. The first-order valence-corrected chi connectivity index (χ1v) is 5.96. The number of carboxylic acid groups (broad SMARTS) is 2. The molecule has 18 heavy (non-hydrogen) atoms. The van der Waals surface area contributed by atoms with E-state index in [2.05, 4.69) is 0 Å². The first-order valence-electron chi connectivity index (χ1n) is 5.96. The second-order valence-corrected chi connectivity index (χ2v) is 4.41. The summed E-state index contributed by atoms with van der Waals surface area (Å²) in [4.78, 5) is 32.5. The molecule has 0 radical (unpaired) electrons. The average molecular weight is 255 g/mol. The van der Waals surface area contributed by atoms with E-state index in [0.717, 1.165) is 12.8 Å². The fourth-order valence-electron chi connectivity index (χ4n) is 2.24. The standard InChI is InChI=1S/C11H15NO2.CH2O3/c13-10-6-7-11(14)12(10)8-9-4-2-1-3-5-9;2-1(3)4/h6-7,9H,1-5,8H2;(H2,2,3,4). The largest absolute Gasteiger partial charge is 0.503 e. The average Bonchev–Trinajstić information content (AvgIpc) is 2.62. The first kappa shape index (κ1) is 14.2. The summed E-state index contributed by atoms with van der Waals surface area (Å²) in [6.07, 6.45) is 7.02. The Morgan fingerprint density at radius 1 is 1.11 bits per heavy atom. The Bertz CT molecular complexity index is 335. The molecule has 0 saturated heterocycles. The molecule has 6 heteroatoms. The van der Waals surface area contributed by atoms with Gasteiger partial charge in [0.25, 0.3) is 11.8 Å². The van der Waals surface area contributed by atoms with Crippen molar-refractivity contribution in [2.24, 2.45) is 5.92 Å². The Morgan fingerprint density at radius 2 is 1.56 bits per heavy atom. The van der Waals surface area contributed by atoms with Crippen molar-refractivity contribution in [3.05, 3.63) is 12.2 Å². The molecule has 2 aliphatic rings. The molecule has 0 spiro atoms. The van der Waals surface area contributed by atoms with Gasteiger partial charge in [-0.15, -0.1) is 0 Å². The number of amides is 2. The summed E-state index contributed by atoms with van der Waals surface area (Å²) in [6.45, 7) is 0.630. The van der Waals surface area contributed by atoms with Crippen molar-refractivity contribution >= 4 is 18.0 Å². The molecule has 0 bridgehead atoms. The van der Waals surface area contributed by atoms with E-state index in [1.165, 1.54) is 36.3 Å². The van der Waals surface area contributed by atoms with Crippen LogP contribution in [0.5, 0.6) is 0 Å². The highest BCUT2D eigenvalue weighted by Crippen LogP contribution is 2.25. The van der Waals surface area contributed by atoms with Crippen LogP contribution in [-0.4, -0.2) is 39.6 Å². The minimum atomic E-state index is -1.83. The van der Waals surface area contributed by atoms with Crippen LogP contribution >= 0.6 is 0 Å². The van der Waals surface area contributed by atoms with Crippen LogP contribution in [0.15, 0.2) is 12.2 Å². The molecule has 0 aromatic carbocycles. The molecular formula is C12H17NO5. The number of carbonyl (C=O) groups excluding carboxylic acids is 2. The number of carbonyl (C=O) groups is 3. The molecular weight excluding hydrogens is 238 g/mol. The fourth-order valence-corrected chi connectivity index (χ4v) is 2.24. The van der Waals surface area contributed by atoms with Gasteiger partial charge in [0.15, 0.2) is 0 Å². The van der Waals surface area contributed by atoms with Gasteiger partial charge in [0.1, 0.15) is 0 Å². The molecule has 2 amide bonds. The van der Waals surface area contributed by atoms with Crippen LogP contribution in [-0.2, 0) is 9.59 Å². The van der Waals surface area contributed by atoms with Gasteiger partial charge >= 0.3 is 6.16 Å². The number of hydrogen-bond acceptors (Lipinski definition) is 3. The molecule has 1 saturated carbocycles. The molecule has 0 atom stereocenters. The Hall–Kier alpha value is -1.85. The minimum Gasteiger partial charge on any atom is -0.450 e. The molecule has 100 valence electrons. The van der Waals surface area contributed by atoms with Crippen LogP contribution in [0.1, 0.15) is 32.1 Å². The van der Waals surface area contributed by atoms with Crippen molar-refractivity contribution in [3.63, 3.8) is 0 Å². The van der Waals surface area contributed by atoms with Crippen molar-refractivity contribution in [1.82, 2.24) is 4.90 Å².